The Hall–Kier alpha value is -1.20. The van der Waals surface area contributed by atoms with E-state index in [0.29, 0.717) is 10.7 Å². The first kappa shape index (κ1) is 12.3. The number of hydrogen-bond acceptors (Lipinski definition) is 4. The van der Waals surface area contributed by atoms with Gasteiger partial charge in [-0.15, -0.1) is 0 Å². The number of pyridine rings is 1. The number of nitrogens with two attached hydrogens (primary N) is 1. The third kappa shape index (κ3) is 2.40. The summed E-state index contributed by atoms with van der Waals surface area (Å²) in [6.07, 6.45) is 2.80. The van der Waals surface area contributed by atoms with Crippen molar-refractivity contribution in [2.75, 3.05) is 11.9 Å². The van der Waals surface area contributed by atoms with Gasteiger partial charge in [-0.3, -0.25) is 4.98 Å². The van der Waals surface area contributed by atoms with E-state index < -0.39 is 0 Å². The van der Waals surface area contributed by atoms with Gasteiger partial charge in [0.15, 0.2) is 0 Å². The first-order valence-electron chi connectivity index (χ1n) is 5.67. The molecule has 1 aliphatic rings. The second-order valence-electron chi connectivity index (χ2n) is 4.57. The molecule has 2 rings (SSSR count). The molecule has 1 aromatic heterocycles. The maximum atomic E-state index is 5.66. The highest BCUT2D eigenvalue weighted by molar-refractivity contribution is 7.80. The van der Waals surface area contributed by atoms with Crippen molar-refractivity contribution >= 4 is 22.9 Å². The summed E-state index contributed by atoms with van der Waals surface area (Å²) in [6, 6.07) is 3.81. The summed E-state index contributed by atoms with van der Waals surface area (Å²) in [4.78, 5) is 4.52. The van der Waals surface area contributed by atoms with Gasteiger partial charge >= 0.3 is 0 Å². The number of hydrogen-bond donors (Lipinski definition) is 2. The fourth-order valence-electron chi connectivity index (χ4n) is 2.01. The first-order chi connectivity index (χ1) is 8.03. The molecule has 0 saturated carbocycles. The van der Waals surface area contributed by atoms with Crippen LogP contribution in [0.15, 0.2) is 18.3 Å². The quantitative estimate of drug-likeness (QED) is 0.801. The maximum Gasteiger partial charge on any atom is 0.124 e. The Morgan fingerprint density at radius 2 is 2.47 bits per heavy atom. The van der Waals surface area contributed by atoms with Crippen molar-refractivity contribution < 1.29 is 4.74 Å². The molecule has 0 radical (unpaired) electrons. The normalized spacial score (nSPS) is 28.0. The lowest BCUT2D eigenvalue weighted by Crippen LogP contribution is -2.41. The molecular weight excluding hydrogens is 234 g/mol. The summed E-state index contributed by atoms with van der Waals surface area (Å²) in [6.45, 7) is 4.98. The molecule has 92 valence electrons. The summed E-state index contributed by atoms with van der Waals surface area (Å²) in [7, 11) is 0. The highest BCUT2D eigenvalue weighted by Crippen LogP contribution is 2.30. The van der Waals surface area contributed by atoms with Gasteiger partial charge in [-0.25, -0.2) is 0 Å². The fraction of sp³-hybridized carbons (Fsp3) is 0.500. The minimum Gasteiger partial charge on any atom is -0.388 e. The summed E-state index contributed by atoms with van der Waals surface area (Å²) in [5.74, 6) is 0. The molecule has 0 aromatic carbocycles. The lowest BCUT2D eigenvalue weighted by atomic mass is 9.94. The Balaban J connectivity index is 2.27. The Morgan fingerprint density at radius 3 is 3.06 bits per heavy atom. The van der Waals surface area contributed by atoms with E-state index in [1.807, 2.05) is 12.1 Å². The number of aromatic nitrogens is 1. The molecule has 1 fully saturated rings. The largest absolute Gasteiger partial charge is 0.388 e. The van der Waals surface area contributed by atoms with Gasteiger partial charge in [0, 0.05) is 12.8 Å². The van der Waals surface area contributed by atoms with E-state index in [0.717, 1.165) is 18.7 Å². The molecule has 17 heavy (non-hydrogen) atoms. The van der Waals surface area contributed by atoms with E-state index in [4.69, 9.17) is 22.7 Å². The third-order valence-corrected chi connectivity index (χ3v) is 3.54. The molecule has 1 aliphatic heterocycles. The molecule has 1 aromatic rings. The topological polar surface area (TPSA) is 60.2 Å². The molecule has 0 spiro atoms. The van der Waals surface area contributed by atoms with Gasteiger partial charge < -0.3 is 15.8 Å². The van der Waals surface area contributed by atoms with E-state index in [1.165, 1.54) is 0 Å². The van der Waals surface area contributed by atoms with Crippen molar-refractivity contribution in [1.29, 1.82) is 0 Å². The van der Waals surface area contributed by atoms with Gasteiger partial charge in [-0.2, -0.15) is 0 Å². The van der Waals surface area contributed by atoms with Crippen LogP contribution in [0.2, 0.25) is 0 Å². The number of thiocarbonyl (C=S) groups is 1. The molecule has 0 amide bonds. The van der Waals surface area contributed by atoms with Gasteiger partial charge in [0.05, 0.1) is 17.3 Å². The lowest BCUT2D eigenvalue weighted by molar-refractivity contribution is 0.105. The van der Waals surface area contributed by atoms with E-state index in [2.05, 4.69) is 24.1 Å². The number of rotatable bonds is 3. The van der Waals surface area contributed by atoms with Crippen LogP contribution in [0, 0.1) is 0 Å². The molecule has 0 bridgehead atoms. The Morgan fingerprint density at radius 1 is 1.71 bits per heavy atom. The second kappa shape index (κ2) is 4.58. The minimum absolute atomic E-state index is 0.0947. The Bertz CT molecular complexity index is 438. The first-order valence-corrected chi connectivity index (χ1v) is 6.08. The summed E-state index contributed by atoms with van der Waals surface area (Å²) < 4.78 is 5.59. The van der Waals surface area contributed by atoms with Crippen molar-refractivity contribution in [2.24, 2.45) is 5.73 Å². The third-order valence-electron chi connectivity index (χ3n) is 3.35. The molecule has 2 heterocycles. The molecule has 3 N–H and O–H groups in total. The highest BCUT2D eigenvalue weighted by atomic mass is 32.1. The predicted molar refractivity (Wildman–Crippen MR) is 72.2 cm³/mol. The van der Waals surface area contributed by atoms with Gasteiger partial charge in [-0.1, -0.05) is 12.2 Å². The van der Waals surface area contributed by atoms with Crippen LogP contribution >= 0.6 is 12.2 Å². The van der Waals surface area contributed by atoms with Crippen LogP contribution < -0.4 is 11.1 Å². The number of anilines is 1. The van der Waals surface area contributed by atoms with Crippen LogP contribution in [-0.4, -0.2) is 28.2 Å². The van der Waals surface area contributed by atoms with Gasteiger partial charge in [0.25, 0.3) is 0 Å². The smallest absolute Gasteiger partial charge is 0.124 e. The number of nitrogens with zero attached hydrogens (tertiary/aromatic N) is 1. The van der Waals surface area contributed by atoms with E-state index in [1.54, 1.807) is 6.20 Å². The highest BCUT2D eigenvalue weighted by Gasteiger charge is 2.37. The van der Waals surface area contributed by atoms with Crippen LogP contribution in [-0.2, 0) is 4.74 Å². The zero-order chi connectivity index (χ0) is 12.5. The number of ether oxygens (including phenoxy) is 1. The van der Waals surface area contributed by atoms with Crippen molar-refractivity contribution in [3.63, 3.8) is 0 Å². The zero-order valence-corrected chi connectivity index (χ0v) is 10.9. The molecule has 2 unspecified atom stereocenters. The Kier molecular flexibility index (Phi) is 3.31. The van der Waals surface area contributed by atoms with Gasteiger partial charge in [0.2, 0.25) is 0 Å². The average molecular weight is 251 g/mol. The standard InChI is InChI=1S/C12H17N3OS/c1-8-12(2,5-7-16-8)15-9-4-3-6-14-10(9)11(13)17/h3-4,6,8,15H,5,7H2,1-2H3,(H2,13,17). The van der Waals surface area contributed by atoms with Gasteiger partial charge in [-0.05, 0) is 32.4 Å². The lowest BCUT2D eigenvalue weighted by Gasteiger charge is -2.30. The molecule has 1 saturated heterocycles. The molecule has 0 aliphatic carbocycles. The number of nitrogens with one attached hydrogen (secondary N) is 1. The second-order valence-corrected chi connectivity index (χ2v) is 5.01. The molecular formula is C12H17N3OS. The predicted octanol–water partition coefficient (Wildman–Crippen LogP) is 1.70. The maximum absolute atomic E-state index is 5.66. The van der Waals surface area contributed by atoms with E-state index in [9.17, 15) is 0 Å². The van der Waals surface area contributed by atoms with E-state index >= 15 is 0 Å². The van der Waals surface area contributed by atoms with Crippen LogP contribution in [0.1, 0.15) is 26.0 Å². The van der Waals surface area contributed by atoms with Crippen molar-refractivity contribution in [1.82, 2.24) is 4.98 Å². The van der Waals surface area contributed by atoms with Crippen molar-refractivity contribution in [2.45, 2.75) is 31.9 Å². The van der Waals surface area contributed by atoms with Crippen LogP contribution in [0.5, 0.6) is 0 Å². The van der Waals surface area contributed by atoms with Crippen molar-refractivity contribution in [3.05, 3.63) is 24.0 Å². The van der Waals surface area contributed by atoms with Gasteiger partial charge in [0.1, 0.15) is 10.7 Å². The Labute approximate surface area is 107 Å². The minimum atomic E-state index is -0.0947. The zero-order valence-electron chi connectivity index (χ0n) is 10.1. The SMILES string of the molecule is CC1OCCC1(C)Nc1cccnc1C(N)=S. The van der Waals surface area contributed by atoms with Crippen LogP contribution in [0.25, 0.3) is 0 Å². The van der Waals surface area contributed by atoms with Crippen LogP contribution in [0.3, 0.4) is 0 Å². The fourth-order valence-corrected chi connectivity index (χ4v) is 2.17. The molecule has 2 atom stereocenters. The average Bonchev–Trinajstić information content (AvgIpc) is 2.59. The van der Waals surface area contributed by atoms with E-state index in [-0.39, 0.29) is 11.6 Å². The van der Waals surface area contributed by atoms with Crippen LogP contribution in [0.4, 0.5) is 5.69 Å². The monoisotopic (exact) mass is 251 g/mol. The molecule has 5 heteroatoms. The molecule has 4 nitrogen and oxygen atoms in total. The van der Waals surface area contributed by atoms with Crippen molar-refractivity contribution in [3.8, 4) is 0 Å². The summed E-state index contributed by atoms with van der Waals surface area (Å²) in [5.41, 5.74) is 7.09. The summed E-state index contributed by atoms with van der Waals surface area (Å²) in [5, 5.41) is 3.46. The summed E-state index contributed by atoms with van der Waals surface area (Å²) >= 11 is 5.00.